The maximum absolute atomic E-state index is 5.11. The van der Waals surface area contributed by atoms with Crippen LogP contribution in [0.3, 0.4) is 0 Å². The molecule has 0 bridgehead atoms. The van der Waals surface area contributed by atoms with Gasteiger partial charge in [-0.1, -0.05) is 0 Å². The van der Waals surface area contributed by atoms with Crippen LogP contribution in [0.4, 0.5) is 0 Å². The highest BCUT2D eigenvalue weighted by molar-refractivity contribution is 5.79. The number of hydrogen-bond donors (Lipinski definition) is 1. The number of hydrogen-bond acceptors (Lipinski definition) is 2. The molecule has 0 saturated heterocycles. The Hall–Kier alpha value is -1.25. The zero-order valence-electron chi connectivity index (χ0n) is 6.79. The third-order valence-corrected chi connectivity index (χ3v) is 1.43. The molecule has 0 aliphatic heterocycles. The number of rotatable bonds is 2. The van der Waals surface area contributed by atoms with E-state index in [1.807, 2.05) is 19.1 Å². The third-order valence-electron chi connectivity index (χ3n) is 1.43. The van der Waals surface area contributed by atoms with E-state index >= 15 is 0 Å². The maximum Gasteiger partial charge on any atom is 0.122 e. The molecule has 1 rings (SSSR count). The van der Waals surface area contributed by atoms with Gasteiger partial charge in [0.1, 0.15) is 5.76 Å². The second-order valence-corrected chi connectivity index (χ2v) is 2.24. The second-order valence-electron chi connectivity index (χ2n) is 2.24. The Bertz CT molecular complexity index is 226. The normalized spacial score (nSPS) is 11.6. The van der Waals surface area contributed by atoms with Gasteiger partial charge in [0.25, 0.3) is 0 Å². The molecule has 11 heavy (non-hydrogen) atoms. The molecule has 3 nitrogen and oxygen atoms in total. The molecule has 0 radical (unpaired) electrons. The van der Waals surface area contributed by atoms with E-state index in [1.165, 1.54) is 0 Å². The number of aliphatic imine (C=N–C) groups is 1. The van der Waals surface area contributed by atoms with Crippen LogP contribution < -0.4 is 5.32 Å². The molecule has 3 heteroatoms. The Morgan fingerprint density at radius 3 is 3.09 bits per heavy atom. The van der Waals surface area contributed by atoms with E-state index in [2.05, 4.69) is 10.3 Å². The molecule has 1 aromatic rings. The molecule has 1 aromatic heterocycles. The minimum Gasteiger partial charge on any atom is -0.467 e. The summed E-state index contributed by atoms with van der Waals surface area (Å²) in [5.41, 5.74) is 0. The molecule has 1 N–H and O–H groups in total. The monoisotopic (exact) mass is 152 g/mol. The van der Waals surface area contributed by atoms with Gasteiger partial charge in [0.15, 0.2) is 0 Å². The number of furan rings is 1. The summed E-state index contributed by atoms with van der Waals surface area (Å²) < 4.78 is 5.11. The van der Waals surface area contributed by atoms with E-state index in [-0.39, 0.29) is 0 Å². The first-order valence-electron chi connectivity index (χ1n) is 3.52. The topological polar surface area (TPSA) is 37.5 Å². The molecular weight excluding hydrogens is 140 g/mol. The summed E-state index contributed by atoms with van der Waals surface area (Å²) in [4.78, 5) is 3.95. The van der Waals surface area contributed by atoms with Crippen molar-refractivity contribution in [2.75, 3.05) is 7.05 Å². The van der Waals surface area contributed by atoms with Crippen molar-refractivity contribution in [3.05, 3.63) is 24.2 Å². The number of nitrogens with one attached hydrogen (secondary N) is 1. The molecule has 0 spiro atoms. The summed E-state index contributed by atoms with van der Waals surface area (Å²) in [6, 6.07) is 3.80. The lowest BCUT2D eigenvalue weighted by Gasteiger charge is -2.00. The number of amidine groups is 1. The Morgan fingerprint density at radius 2 is 2.55 bits per heavy atom. The maximum atomic E-state index is 5.11. The quantitative estimate of drug-likeness (QED) is 0.514. The van der Waals surface area contributed by atoms with E-state index < -0.39 is 0 Å². The van der Waals surface area contributed by atoms with Gasteiger partial charge in [0, 0.05) is 7.05 Å². The van der Waals surface area contributed by atoms with Crippen molar-refractivity contribution in [1.29, 1.82) is 0 Å². The molecule has 0 fully saturated rings. The zero-order valence-corrected chi connectivity index (χ0v) is 6.79. The molecule has 0 unspecified atom stereocenters. The van der Waals surface area contributed by atoms with Crippen molar-refractivity contribution in [3.63, 3.8) is 0 Å². The molecular formula is C8H12N2O. The van der Waals surface area contributed by atoms with Crippen molar-refractivity contribution in [3.8, 4) is 0 Å². The van der Waals surface area contributed by atoms with Crippen LogP contribution in [0.25, 0.3) is 0 Å². The van der Waals surface area contributed by atoms with Crippen molar-refractivity contribution in [2.24, 2.45) is 4.99 Å². The molecule has 0 saturated carbocycles. The fraction of sp³-hybridized carbons (Fsp3) is 0.375. The summed E-state index contributed by atoms with van der Waals surface area (Å²) in [6.45, 7) is 2.62. The Labute approximate surface area is 66.1 Å². The Morgan fingerprint density at radius 1 is 1.73 bits per heavy atom. The minimum absolute atomic E-state index is 0.705. The lowest BCUT2D eigenvalue weighted by atomic mass is 10.4. The summed E-state index contributed by atoms with van der Waals surface area (Å²) in [6.07, 6.45) is 1.66. The van der Waals surface area contributed by atoms with E-state index in [1.54, 1.807) is 13.3 Å². The highest BCUT2D eigenvalue weighted by Gasteiger charge is 1.93. The lowest BCUT2D eigenvalue weighted by Crippen LogP contribution is -2.18. The van der Waals surface area contributed by atoms with Gasteiger partial charge in [-0.2, -0.15) is 0 Å². The van der Waals surface area contributed by atoms with E-state index in [0.29, 0.717) is 6.54 Å². The van der Waals surface area contributed by atoms with Crippen molar-refractivity contribution in [1.82, 2.24) is 5.32 Å². The first kappa shape index (κ1) is 7.85. The zero-order chi connectivity index (χ0) is 8.10. The molecule has 0 aliphatic carbocycles. The van der Waals surface area contributed by atoms with Gasteiger partial charge < -0.3 is 9.73 Å². The highest BCUT2D eigenvalue weighted by atomic mass is 16.3. The molecule has 0 aromatic carbocycles. The minimum atomic E-state index is 0.705. The van der Waals surface area contributed by atoms with Crippen LogP contribution in [0, 0.1) is 0 Å². The predicted octanol–water partition coefficient (Wildman–Crippen LogP) is 1.42. The van der Waals surface area contributed by atoms with Crippen LogP contribution in [0.2, 0.25) is 0 Å². The largest absolute Gasteiger partial charge is 0.467 e. The molecule has 0 amide bonds. The first-order chi connectivity index (χ1) is 5.33. The number of nitrogens with zero attached hydrogens (tertiary/aromatic N) is 1. The molecule has 60 valence electrons. The average molecular weight is 152 g/mol. The van der Waals surface area contributed by atoms with Crippen LogP contribution in [0.1, 0.15) is 12.7 Å². The SMILES string of the molecule is CN=C(C)NCc1ccco1. The Kier molecular flexibility index (Phi) is 2.72. The van der Waals surface area contributed by atoms with Crippen LogP contribution in [-0.2, 0) is 6.54 Å². The van der Waals surface area contributed by atoms with Crippen molar-refractivity contribution < 1.29 is 4.42 Å². The van der Waals surface area contributed by atoms with Gasteiger partial charge in [-0.15, -0.1) is 0 Å². The summed E-state index contributed by atoms with van der Waals surface area (Å²) in [5.74, 6) is 1.84. The summed E-state index contributed by atoms with van der Waals surface area (Å²) in [7, 11) is 1.75. The van der Waals surface area contributed by atoms with E-state index in [0.717, 1.165) is 11.6 Å². The van der Waals surface area contributed by atoms with Gasteiger partial charge >= 0.3 is 0 Å². The Balaban J connectivity index is 2.35. The van der Waals surface area contributed by atoms with Crippen molar-refractivity contribution in [2.45, 2.75) is 13.5 Å². The third kappa shape index (κ3) is 2.45. The van der Waals surface area contributed by atoms with Gasteiger partial charge in [-0.3, -0.25) is 4.99 Å². The van der Waals surface area contributed by atoms with Crippen LogP contribution in [0.15, 0.2) is 27.8 Å². The fourth-order valence-corrected chi connectivity index (χ4v) is 0.707. The van der Waals surface area contributed by atoms with E-state index in [9.17, 15) is 0 Å². The van der Waals surface area contributed by atoms with Crippen molar-refractivity contribution >= 4 is 5.84 Å². The predicted molar refractivity (Wildman–Crippen MR) is 44.6 cm³/mol. The van der Waals surface area contributed by atoms with E-state index in [4.69, 9.17) is 4.42 Å². The first-order valence-corrected chi connectivity index (χ1v) is 3.52. The highest BCUT2D eigenvalue weighted by Crippen LogP contribution is 1.97. The second kappa shape index (κ2) is 3.81. The van der Waals surface area contributed by atoms with Crippen LogP contribution >= 0.6 is 0 Å². The fourth-order valence-electron chi connectivity index (χ4n) is 0.707. The average Bonchev–Trinajstić information content (AvgIpc) is 2.52. The van der Waals surface area contributed by atoms with Gasteiger partial charge in [-0.05, 0) is 19.1 Å². The molecule has 1 heterocycles. The summed E-state index contributed by atoms with van der Waals surface area (Å²) >= 11 is 0. The lowest BCUT2D eigenvalue weighted by molar-refractivity contribution is 0.503. The van der Waals surface area contributed by atoms with Crippen LogP contribution in [-0.4, -0.2) is 12.9 Å². The van der Waals surface area contributed by atoms with Crippen LogP contribution in [0.5, 0.6) is 0 Å². The summed E-state index contributed by atoms with van der Waals surface area (Å²) in [5, 5.41) is 3.09. The molecule has 0 atom stereocenters. The molecule has 0 aliphatic rings. The standard InChI is InChI=1S/C8H12N2O/c1-7(9-2)10-6-8-4-3-5-11-8/h3-5H,6H2,1-2H3,(H,9,10). The van der Waals surface area contributed by atoms with Gasteiger partial charge in [-0.25, -0.2) is 0 Å². The smallest absolute Gasteiger partial charge is 0.122 e. The van der Waals surface area contributed by atoms with Gasteiger partial charge in [0.05, 0.1) is 18.6 Å². The van der Waals surface area contributed by atoms with Gasteiger partial charge in [0.2, 0.25) is 0 Å².